The molecule has 0 fully saturated rings. The number of nitrogens with one attached hydrogen (secondary N) is 3. The highest BCUT2D eigenvalue weighted by atomic mass is 16.2. The van der Waals surface area contributed by atoms with E-state index in [9.17, 15) is 9.59 Å². The van der Waals surface area contributed by atoms with Gasteiger partial charge < -0.3 is 16.0 Å². The highest BCUT2D eigenvalue weighted by Gasteiger charge is 2.20. The Morgan fingerprint density at radius 2 is 1.90 bits per heavy atom. The van der Waals surface area contributed by atoms with E-state index in [-0.39, 0.29) is 17.5 Å². The van der Waals surface area contributed by atoms with Crippen LogP contribution in [0.3, 0.4) is 0 Å². The molecule has 0 saturated carbocycles. The Bertz CT molecular complexity index is 506. The number of urea groups is 1. The van der Waals surface area contributed by atoms with Crippen LogP contribution >= 0.6 is 0 Å². The molecule has 5 heteroatoms. The van der Waals surface area contributed by atoms with Crippen molar-refractivity contribution in [2.75, 3.05) is 5.32 Å². The average molecular weight is 291 g/mol. The minimum absolute atomic E-state index is 0.208. The number of amides is 3. The zero-order chi connectivity index (χ0) is 16.0. The molecule has 3 amide bonds. The smallest absolute Gasteiger partial charge is 0.319 e. The van der Waals surface area contributed by atoms with Crippen LogP contribution in [0.25, 0.3) is 0 Å². The quantitative estimate of drug-likeness (QED) is 0.798. The third kappa shape index (κ3) is 6.29. The van der Waals surface area contributed by atoms with Crippen LogP contribution in [0.5, 0.6) is 0 Å². The Morgan fingerprint density at radius 1 is 1.24 bits per heavy atom. The van der Waals surface area contributed by atoms with Gasteiger partial charge in [-0.05, 0) is 51.8 Å². The first-order valence-electron chi connectivity index (χ1n) is 7.19. The average Bonchev–Trinajstić information content (AvgIpc) is 2.36. The first-order chi connectivity index (χ1) is 9.71. The van der Waals surface area contributed by atoms with E-state index in [2.05, 4.69) is 22.9 Å². The van der Waals surface area contributed by atoms with Gasteiger partial charge in [-0.3, -0.25) is 4.79 Å². The second-order valence-electron chi connectivity index (χ2n) is 6.11. The van der Waals surface area contributed by atoms with Crippen molar-refractivity contribution < 1.29 is 9.59 Å². The Kier molecular flexibility index (Phi) is 5.76. The zero-order valence-corrected chi connectivity index (χ0v) is 13.4. The fourth-order valence-electron chi connectivity index (χ4n) is 1.78. The van der Waals surface area contributed by atoms with Crippen LogP contribution < -0.4 is 16.0 Å². The number of anilines is 1. The van der Waals surface area contributed by atoms with E-state index in [1.807, 2.05) is 45.0 Å². The van der Waals surface area contributed by atoms with Crippen LogP contribution in [0.4, 0.5) is 10.5 Å². The van der Waals surface area contributed by atoms with Crippen LogP contribution in [0.15, 0.2) is 24.3 Å². The van der Waals surface area contributed by atoms with Gasteiger partial charge in [-0.15, -0.1) is 0 Å². The number of carbonyl (C=O) groups is 2. The topological polar surface area (TPSA) is 70.2 Å². The lowest BCUT2D eigenvalue weighted by molar-refractivity contribution is -0.123. The number of hydrogen-bond donors (Lipinski definition) is 3. The minimum atomic E-state index is -0.599. The van der Waals surface area contributed by atoms with E-state index in [0.29, 0.717) is 0 Å². The Hall–Kier alpha value is -2.04. The highest BCUT2D eigenvalue weighted by molar-refractivity contribution is 5.93. The Labute approximate surface area is 126 Å². The van der Waals surface area contributed by atoms with Crippen molar-refractivity contribution in [3.8, 4) is 0 Å². The summed E-state index contributed by atoms with van der Waals surface area (Å²) in [6.45, 7) is 9.40. The van der Waals surface area contributed by atoms with Crippen LogP contribution in [0, 0.1) is 0 Å². The van der Waals surface area contributed by atoms with Crippen LogP contribution in [-0.4, -0.2) is 23.5 Å². The number of hydrogen-bond acceptors (Lipinski definition) is 2. The van der Waals surface area contributed by atoms with Crippen LogP contribution in [0.2, 0.25) is 0 Å². The maximum absolute atomic E-state index is 11.9. The summed E-state index contributed by atoms with van der Waals surface area (Å²) in [5, 5.41) is 8.19. The third-order valence-electron chi connectivity index (χ3n) is 2.83. The van der Waals surface area contributed by atoms with Crippen molar-refractivity contribution in [1.82, 2.24) is 10.6 Å². The molecule has 3 N–H and O–H groups in total. The second-order valence-corrected chi connectivity index (χ2v) is 6.11. The molecule has 0 aromatic heterocycles. The number of benzene rings is 1. The molecule has 1 aromatic carbocycles. The predicted octanol–water partition coefficient (Wildman–Crippen LogP) is 2.67. The maximum Gasteiger partial charge on any atom is 0.319 e. The van der Waals surface area contributed by atoms with Gasteiger partial charge in [0, 0.05) is 11.2 Å². The highest BCUT2D eigenvalue weighted by Crippen LogP contribution is 2.10. The molecular formula is C16H25N3O2. The third-order valence-corrected chi connectivity index (χ3v) is 2.83. The van der Waals surface area contributed by atoms with Crippen molar-refractivity contribution in [2.45, 2.75) is 52.6 Å². The molecule has 0 aliphatic carbocycles. The first kappa shape index (κ1) is 17.0. The normalized spacial score (nSPS) is 12.4. The molecule has 1 aromatic rings. The molecule has 0 heterocycles. The molecular weight excluding hydrogens is 266 g/mol. The lowest BCUT2D eigenvalue weighted by atomic mass is 10.1. The Morgan fingerprint density at radius 3 is 2.48 bits per heavy atom. The number of carbonyl (C=O) groups excluding carboxylic acids is 2. The minimum Gasteiger partial charge on any atom is -0.350 e. The number of aryl methyl sites for hydroxylation is 1. The van der Waals surface area contributed by atoms with Gasteiger partial charge in [-0.2, -0.15) is 0 Å². The molecule has 1 atom stereocenters. The summed E-state index contributed by atoms with van der Waals surface area (Å²) >= 11 is 0. The van der Waals surface area contributed by atoms with E-state index in [1.165, 1.54) is 0 Å². The summed E-state index contributed by atoms with van der Waals surface area (Å²) in [4.78, 5) is 23.8. The van der Waals surface area contributed by atoms with Crippen molar-refractivity contribution >= 4 is 17.6 Å². The van der Waals surface area contributed by atoms with Crippen LogP contribution in [-0.2, 0) is 11.2 Å². The van der Waals surface area contributed by atoms with Crippen molar-refractivity contribution in [1.29, 1.82) is 0 Å². The van der Waals surface area contributed by atoms with Gasteiger partial charge in [-0.25, -0.2) is 4.79 Å². The second kappa shape index (κ2) is 7.11. The molecule has 0 aliphatic rings. The lowest BCUT2D eigenvalue weighted by Gasteiger charge is -2.23. The first-order valence-corrected chi connectivity index (χ1v) is 7.19. The molecule has 1 rings (SSSR count). The molecule has 0 spiro atoms. The van der Waals surface area contributed by atoms with E-state index in [4.69, 9.17) is 0 Å². The van der Waals surface area contributed by atoms with Gasteiger partial charge >= 0.3 is 6.03 Å². The molecule has 116 valence electrons. The molecule has 0 aliphatic heterocycles. The monoisotopic (exact) mass is 291 g/mol. The van der Waals surface area contributed by atoms with Gasteiger partial charge in [0.05, 0.1) is 0 Å². The molecule has 0 saturated heterocycles. The standard InChI is InChI=1S/C16H25N3O2/c1-6-12-8-7-9-13(10-12)18-15(21)17-11(2)14(20)19-16(3,4)5/h7-11H,6H2,1-5H3,(H,19,20)(H2,17,18,21). The fourth-order valence-corrected chi connectivity index (χ4v) is 1.78. The lowest BCUT2D eigenvalue weighted by Crippen LogP contribution is -2.51. The SMILES string of the molecule is CCc1cccc(NC(=O)NC(C)C(=O)NC(C)(C)C)c1. The molecule has 0 radical (unpaired) electrons. The summed E-state index contributed by atoms with van der Waals surface area (Å²) < 4.78 is 0. The van der Waals surface area contributed by atoms with Crippen molar-refractivity contribution in [2.24, 2.45) is 0 Å². The molecule has 1 unspecified atom stereocenters. The van der Waals surface area contributed by atoms with Crippen molar-refractivity contribution in [3.05, 3.63) is 29.8 Å². The maximum atomic E-state index is 11.9. The summed E-state index contributed by atoms with van der Waals surface area (Å²) in [6, 6.07) is 6.64. The Balaban J connectivity index is 2.54. The predicted molar refractivity (Wildman–Crippen MR) is 85.3 cm³/mol. The zero-order valence-electron chi connectivity index (χ0n) is 13.4. The molecule has 0 bridgehead atoms. The van der Waals surface area contributed by atoms with Gasteiger partial charge in [0.2, 0.25) is 5.91 Å². The molecule has 5 nitrogen and oxygen atoms in total. The van der Waals surface area contributed by atoms with Crippen LogP contribution in [0.1, 0.15) is 40.2 Å². The fraction of sp³-hybridized carbons (Fsp3) is 0.500. The largest absolute Gasteiger partial charge is 0.350 e. The molecule has 21 heavy (non-hydrogen) atoms. The summed E-state index contributed by atoms with van der Waals surface area (Å²) in [5.74, 6) is -0.208. The van der Waals surface area contributed by atoms with E-state index in [0.717, 1.165) is 17.7 Å². The van der Waals surface area contributed by atoms with Crippen molar-refractivity contribution in [3.63, 3.8) is 0 Å². The van der Waals surface area contributed by atoms with E-state index in [1.54, 1.807) is 6.92 Å². The van der Waals surface area contributed by atoms with Gasteiger partial charge in [0.1, 0.15) is 6.04 Å². The summed E-state index contributed by atoms with van der Waals surface area (Å²) in [7, 11) is 0. The summed E-state index contributed by atoms with van der Waals surface area (Å²) in [6.07, 6.45) is 0.904. The van der Waals surface area contributed by atoms with E-state index >= 15 is 0 Å². The summed E-state index contributed by atoms with van der Waals surface area (Å²) in [5.41, 5.74) is 1.54. The number of rotatable bonds is 4. The van der Waals surface area contributed by atoms with E-state index < -0.39 is 6.04 Å². The van der Waals surface area contributed by atoms with Gasteiger partial charge in [0.25, 0.3) is 0 Å². The van der Waals surface area contributed by atoms with Gasteiger partial charge in [0.15, 0.2) is 0 Å². The van der Waals surface area contributed by atoms with Gasteiger partial charge in [-0.1, -0.05) is 19.1 Å².